The van der Waals surface area contributed by atoms with Crippen LogP contribution in [0, 0.1) is 11.8 Å². The van der Waals surface area contributed by atoms with Crippen molar-refractivity contribution in [3.63, 3.8) is 0 Å². The maximum Gasteiger partial charge on any atom is 0.407 e. The van der Waals surface area contributed by atoms with Crippen molar-refractivity contribution in [2.75, 3.05) is 0 Å². The van der Waals surface area contributed by atoms with Crippen LogP contribution in [0.25, 0.3) is 0 Å². The Morgan fingerprint density at radius 1 is 0.862 bits per heavy atom. The Kier molecular flexibility index (Phi) is 9.09. The summed E-state index contributed by atoms with van der Waals surface area (Å²) in [5.74, 6) is 1.52. The average molecular weight is 411 g/mol. The summed E-state index contributed by atoms with van der Waals surface area (Å²) in [4.78, 5) is 23.8. The molecule has 6 nitrogen and oxygen atoms in total. The third-order valence-electron chi connectivity index (χ3n) is 6.29. The zero-order chi connectivity index (χ0) is 21.4. The first-order valence-electron chi connectivity index (χ1n) is 11.6. The molecule has 0 aromatic rings. The van der Waals surface area contributed by atoms with E-state index in [4.69, 9.17) is 9.47 Å². The monoisotopic (exact) mass is 410 g/mol. The molecule has 2 fully saturated rings. The summed E-state index contributed by atoms with van der Waals surface area (Å²) in [6.45, 7) is 9.62. The molecule has 0 saturated heterocycles. The predicted molar refractivity (Wildman–Crippen MR) is 115 cm³/mol. The number of alkyl carbamates (subject to hydrolysis) is 2. The molecule has 0 radical (unpaired) electrons. The summed E-state index contributed by atoms with van der Waals surface area (Å²) in [5.41, 5.74) is -0.444. The molecule has 2 aliphatic rings. The fourth-order valence-electron chi connectivity index (χ4n) is 4.50. The number of carbonyl (C=O) groups excluding carboxylic acids is 2. The van der Waals surface area contributed by atoms with E-state index in [9.17, 15) is 9.59 Å². The van der Waals surface area contributed by atoms with E-state index >= 15 is 0 Å². The van der Waals surface area contributed by atoms with Crippen LogP contribution in [0.5, 0.6) is 0 Å². The molecule has 0 spiro atoms. The van der Waals surface area contributed by atoms with Crippen LogP contribution in [0.2, 0.25) is 0 Å². The number of amides is 2. The van der Waals surface area contributed by atoms with Crippen LogP contribution in [0.15, 0.2) is 0 Å². The van der Waals surface area contributed by atoms with Crippen molar-refractivity contribution < 1.29 is 19.1 Å². The molecule has 2 aliphatic carbocycles. The second-order valence-corrected chi connectivity index (χ2v) is 10.1. The van der Waals surface area contributed by atoms with Crippen LogP contribution in [-0.4, -0.2) is 36.0 Å². The Hall–Kier alpha value is -1.46. The number of nitrogens with one attached hydrogen (secondary N) is 2. The lowest BCUT2D eigenvalue weighted by Crippen LogP contribution is -2.41. The van der Waals surface area contributed by atoms with E-state index in [0.29, 0.717) is 0 Å². The summed E-state index contributed by atoms with van der Waals surface area (Å²) in [6, 6.07) is 0.508. The van der Waals surface area contributed by atoms with Crippen molar-refractivity contribution in [2.45, 2.75) is 123 Å². The molecule has 168 valence electrons. The molecule has 0 aliphatic heterocycles. The molecule has 29 heavy (non-hydrogen) atoms. The first kappa shape index (κ1) is 23.8. The Labute approximate surface area is 176 Å². The van der Waals surface area contributed by atoms with Gasteiger partial charge in [-0.25, -0.2) is 9.59 Å². The normalized spacial score (nSPS) is 28.9. The fourth-order valence-corrected chi connectivity index (χ4v) is 4.50. The van der Waals surface area contributed by atoms with Gasteiger partial charge in [-0.05, 0) is 104 Å². The maximum atomic E-state index is 11.9. The zero-order valence-electron chi connectivity index (χ0n) is 19.1. The van der Waals surface area contributed by atoms with Crippen LogP contribution in [0.4, 0.5) is 9.59 Å². The van der Waals surface area contributed by atoms with Gasteiger partial charge in [0.05, 0.1) is 0 Å². The first-order valence-corrected chi connectivity index (χ1v) is 11.6. The smallest absolute Gasteiger partial charge is 0.407 e. The maximum absolute atomic E-state index is 11.9. The minimum Gasteiger partial charge on any atom is -0.447 e. The lowest BCUT2D eigenvalue weighted by Gasteiger charge is -2.34. The topological polar surface area (TPSA) is 76.7 Å². The van der Waals surface area contributed by atoms with Crippen molar-refractivity contribution in [3.05, 3.63) is 0 Å². The Bertz CT molecular complexity index is 515. The van der Waals surface area contributed by atoms with Crippen LogP contribution in [-0.2, 0) is 9.47 Å². The molecular weight excluding hydrogens is 368 g/mol. The van der Waals surface area contributed by atoms with Gasteiger partial charge in [-0.2, -0.15) is 0 Å². The van der Waals surface area contributed by atoms with Gasteiger partial charge in [0.2, 0.25) is 0 Å². The van der Waals surface area contributed by atoms with Gasteiger partial charge in [0, 0.05) is 12.1 Å². The summed E-state index contributed by atoms with van der Waals surface area (Å²) in [7, 11) is 0. The minimum absolute atomic E-state index is 0.0220. The zero-order valence-corrected chi connectivity index (χ0v) is 19.1. The summed E-state index contributed by atoms with van der Waals surface area (Å²) in [5, 5.41) is 6.06. The van der Waals surface area contributed by atoms with Gasteiger partial charge in [-0.3, -0.25) is 0 Å². The fraction of sp³-hybridized carbons (Fsp3) is 0.913. The van der Waals surface area contributed by atoms with Crippen molar-refractivity contribution in [2.24, 2.45) is 11.8 Å². The first-order chi connectivity index (χ1) is 13.6. The van der Waals surface area contributed by atoms with Crippen LogP contribution in [0.1, 0.15) is 98.8 Å². The van der Waals surface area contributed by atoms with Gasteiger partial charge >= 0.3 is 12.2 Å². The van der Waals surface area contributed by atoms with Gasteiger partial charge in [0.25, 0.3) is 0 Å². The molecule has 0 heterocycles. The van der Waals surface area contributed by atoms with E-state index in [0.717, 1.165) is 43.9 Å². The minimum atomic E-state index is -0.444. The lowest BCUT2D eigenvalue weighted by molar-refractivity contribution is 0.0484. The van der Waals surface area contributed by atoms with E-state index in [2.05, 4.69) is 10.6 Å². The van der Waals surface area contributed by atoms with E-state index in [1.54, 1.807) is 0 Å². The van der Waals surface area contributed by atoms with E-state index < -0.39 is 5.60 Å². The highest BCUT2D eigenvalue weighted by Crippen LogP contribution is 2.35. The van der Waals surface area contributed by atoms with Crippen molar-refractivity contribution in [3.8, 4) is 0 Å². The van der Waals surface area contributed by atoms with Gasteiger partial charge in [0.1, 0.15) is 11.7 Å². The highest BCUT2D eigenvalue weighted by atomic mass is 16.6. The van der Waals surface area contributed by atoms with Crippen LogP contribution >= 0.6 is 0 Å². The predicted octanol–water partition coefficient (Wildman–Crippen LogP) is 5.54. The molecule has 0 aromatic carbocycles. The molecule has 2 amide bonds. The number of rotatable bonds is 6. The third-order valence-corrected chi connectivity index (χ3v) is 6.29. The quantitative estimate of drug-likeness (QED) is 0.602. The number of carbonyl (C=O) groups is 2. The molecule has 2 saturated carbocycles. The summed E-state index contributed by atoms with van der Waals surface area (Å²) in [6.07, 6.45) is 10.5. The highest BCUT2D eigenvalue weighted by molar-refractivity contribution is 5.68. The van der Waals surface area contributed by atoms with Gasteiger partial charge in [0.15, 0.2) is 0 Å². The molecule has 1 atom stereocenters. The largest absolute Gasteiger partial charge is 0.447 e. The Balaban J connectivity index is 1.61. The van der Waals surface area contributed by atoms with Gasteiger partial charge in [-0.15, -0.1) is 0 Å². The molecule has 0 aromatic heterocycles. The highest BCUT2D eigenvalue weighted by Gasteiger charge is 2.29. The molecular formula is C23H42N2O4. The lowest BCUT2D eigenvalue weighted by atomic mass is 9.76. The number of ether oxygens (including phenoxy) is 2. The van der Waals surface area contributed by atoms with Crippen LogP contribution in [0.3, 0.4) is 0 Å². The van der Waals surface area contributed by atoms with E-state index in [-0.39, 0.29) is 30.4 Å². The van der Waals surface area contributed by atoms with Crippen molar-refractivity contribution in [1.82, 2.24) is 10.6 Å². The third kappa shape index (κ3) is 9.26. The Morgan fingerprint density at radius 3 is 1.72 bits per heavy atom. The average Bonchev–Trinajstić information content (AvgIpc) is 2.63. The standard InChI is InChI=1S/C23H42N2O4/c1-6-16(2)28-21(26)24-19-11-7-17(8-12-19)15-18-9-13-20(14-10-18)25-22(27)29-23(3,4)5/h16-20H,6-15H2,1-5H3,(H,24,26)(H,25,27). The summed E-state index contributed by atoms with van der Waals surface area (Å²) >= 11 is 0. The van der Waals surface area contributed by atoms with Gasteiger partial charge < -0.3 is 20.1 Å². The molecule has 2 N–H and O–H groups in total. The number of hydrogen-bond donors (Lipinski definition) is 2. The second-order valence-electron chi connectivity index (χ2n) is 10.1. The van der Waals surface area contributed by atoms with Gasteiger partial charge in [-0.1, -0.05) is 6.92 Å². The molecule has 2 rings (SSSR count). The molecule has 1 unspecified atom stereocenters. The van der Waals surface area contributed by atoms with E-state index in [1.807, 2.05) is 34.6 Å². The van der Waals surface area contributed by atoms with Crippen molar-refractivity contribution >= 4 is 12.2 Å². The second kappa shape index (κ2) is 11.1. The van der Waals surface area contributed by atoms with E-state index in [1.165, 1.54) is 32.1 Å². The Morgan fingerprint density at radius 2 is 1.31 bits per heavy atom. The summed E-state index contributed by atoms with van der Waals surface area (Å²) < 4.78 is 10.7. The number of hydrogen-bond acceptors (Lipinski definition) is 4. The molecule has 6 heteroatoms. The van der Waals surface area contributed by atoms with Crippen molar-refractivity contribution in [1.29, 1.82) is 0 Å². The van der Waals surface area contributed by atoms with Crippen LogP contribution < -0.4 is 10.6 Å². The SMILES string of the molecule is CCC(C)OC(=O)NC1CCC(CC2CCC(NC(=O)OC(C)(C)C)CC2)CC1. The molecule has 0 bridgehead atoms.